The van der Waals surface area contributed by atoms with Crippen molar-refractivity contribution in [2.75, 3.05) is 12.3 Å². The molecule has 0 N–H and O–H groups in total. The molecule has 1 heterocycles. The van der Waals surface area contributed by atoms with E-state index in [0.717, 1.165) is 17.9 Å². The first-order chi connectivity index (χ1) is 11.6. The maximum Gasteiger partial charge on any atom is 0.246 e. The molecule has 1 aliphatic heterocycles. The molecule has 126 valence electrons. The van der Waals surface area contributed by atoms with Crippen molar-refractivity contribution in [2.24, 2.45) is 0 Å². The van der Waals surface area contributed by atoms with Crippen LogP contribution in [-0.2, 0) is 4.79 Å². The molecule has 2 atom stereocenters. The molecule has 0 spiro atoms. The van der Waals surface area contributed by atoms with Gasteiger partial charge in [-0.05, 0) is 22.6 Å². The van der Waals surface area contributed by atoms with Gasteiger partial charge in [-0.1, -0.05) is 68.4 Å². The first-order valence-corrected chi connectivity index (χ1v) is 9.77. The lowest BCUT2D eigenvalue weighted by atomic mass is 10.0. The van der Waals surface area contributed by atoms with Crippen LogP contribution in [0.5, 0.6) is 0 Å². The number of halogens is 1. The SMILES string of the molecule is CC(C)c1ccc([C@H]2SCCN2C(=O)[C@@H](Cl)c2ccccc2)cc1. The van der Waals surface area contributed by atoms with Crippen LogP contribution in [0.2, 0.25) is 0 Å². The van der Waals surface area contributed by atoms with E-state index >= 15 is 0 Å². The van der Waals surface area contributed by atoms with Crippen LogP contribution in [0.3, 0.4) is 0 Å². The van der Waals surface area contributed by atoms with E-state index in [-0.39, 0.29) is 11.3 Å². The molecule has 1 saturated heterocycles. The van der Waals surface area contributed by atoms with Crippen LogP contribution in [0.15, 0.2) is 54.6 Å². The lowest BCUT2D eigenvalue weighted by molar-refractivity contribution is -0.131. The Morgan fingerprint density at radius 1 is 1.08 bits per heavy atom. The number of nitrogens with zero attached hydrogens (tertiary/aromatic N) is 1. The first-order valence-electron chi connectivity index (χ1n) is 8.29. The molecule has 3 rings (SSSR count). The van der Waals surface area contributed by atoms with Crippen molar-refractivity contribution >= 4 is 29.3 Å². The van der Waals surface area contributed by atoms with E-state index in [1.165, 1.54) is 11.1 Å². The van der Waals surface area contributed by atoms with Gasteiger partial charge in [-0.3, -0.25) is 4.79 Å². The van der Waals surface area contributed by atoms with Crippen LogP contribution in [0.4, 0.5) is 0 Å². The Morgan fingerprint density at radius 2 is 1.75 bits per heavy atom. The molecule has 1 amide bonds. The van der Waals surface area contributed by atoms with Gasteiger partial charge in [0.15, 0.2) is 0 Å². The van der Waals surface area contributed by atoms with E-state index in [2.05, 4.69) is 38.1 Å². The van der Waals surface area contributed by atoms with Gasteiger partial charge in [0.1, 0.15) is 10.8 Å². The van der Waals surface area contributed by atoms with E-state index in [4.69, 9.17) is 11.6 Å². The van der Waals surface area contributed by atoms with E-state index in [1.807, 2.05) is 35.2 Å². The average Bonchev–Trinajstić information content (AvgIpc) is 3.11. The molecule has 4 heteroatoms. The van der Waals surface area contributed by atoms with E-state index in [0.29, 0.717) is 5.92 Å². The summed E-state index contributed by atoms with van der Waals surface area (Å²) in [6.07, 6.45) is 0. The van der Waals surface area contributed by atoms with Gasteiger partial charge in [-0.2, -0.15) is 0 Å². The third-order valence-electron chi connectivity index (χ3n) is 4.37. The summed E-state index contributed by atoms with van der Waals surface area (Å²) < 4.78 is 0. The molecule has 0 unspecified atom stereocenters. The molecule has 0 radical (unpaired) electrons. The fourth-order valence-electron chi connectivity index (χ4n) is 2.93. The van der Waals surface area contributed by atoms with Gasteiger partial charge in [0.05, 0.1) is 0 Å². The van der Waals surface area contributed by atoms with Gasteiger partial charge < -0.3 is 4.90 Å². The number of hydrogen-bond donors (Lipinski definition) is 0. The zero-order valence-corrected chi connectivity index (χ0v) is 15.6. The number of amides is 1. The Labute approximate surface area is 153 Å². The zero-order valence-electron chi connectivity index (χ0n) is 14.0. The summed E-state index contributed by atoms with van der Waals surface area (Å²) in [5.41, 5.74) is 3.35. The lowest BCUT2D eigenvalue weighted by Crippen LogP contribution is -2.33. The van der Waals surface area contributed by atoms with Crippen molar-refractivity contribution in [3.63, 3.8) is 0 Å². The summed E-state index contributed by atoms with van der Waals surface area (Å²) in [7, 11) is 0. The molecule has 0 aromatic heterocycles. The quantitative estimate of drug-likeness (QED) is 0.684. The fourth-order valence-corrected chi connectivity index (χ4v) is 4.46. The normalized spacial score (nSPS) is 18.8. The molecule has 1 aliphatic rings. The van der Waals surface area contributed by atoms with Crippen molar-refractivity contribution in [1.82, 2.24) is 4.90 Å². The second-order valence-electron chi connectivity index (χ2n) is 6.35. The number of carbonyl (C=O) groups excluding carboxylic acids is 1. The van der Waals surface area contributed by atoms with Crippen molar-refractivity contribution in [2.45, 2.75) is 30.5 Å². The summed E-state index contributed by atoms with van der Waals surface area (Å²) in [6, 6.07) is 18.2. The summed E-state index contributed by atoms with van der Waals surface area (Å²) in [5, 5.41) is -0.564. The van der Waals surface area contributed by atoms with Crippen LogP contribution in [0.1, 0.15) is 47.2 Å². The average molecular weight is 360 g/mol. The Hall–Kier alpha value is -1.45. The van der Waals surface area contributed by atoms with Crippen LogP contribution >= 0.6 is 23.4 Å². The van der Waals surface area contributed by atoms with Crippen LogP contribution in [0.25, 0.3) is 0 Å². The first kappa shape index (κ1) is 17.4. The Morgan fingerprint density at radius 3 is 2.38 bits per heavy atom. The van der Waals surface area contributed by atoms with Crippen molar-refractivity contribution in [3.8, 4) is 0 Å². The molecule has 2 nitrogen and oxygen atoms in total. The molecule has 0 saturated carbocycles. The van der Waals surface area contributed by atoms with Gasteiger partial charge >= 0.3 is 0 Å². The highest BCUT2D eigenvalue weighted by Gasteiger charge is 2.34. The molecule has 1 fully saturated rings. The standard InChI is InChI=1S/C20H22ClNOS/c1-14(2)15-8-10-17(11-9-15)20-22(12-13-24-20)19(23)18(21)16-6-4-3-5-7-16/h3-11,14,18,20H,12-13H2,1-2H3/t18-,20+/m0/s1. The number of benzene rings is 2. The molecule has 0 bridgehead atoms. The number of thioether (sulfide) groups is 1. The Balaban J connectivity index is 1.78. The van der Waals surface area contributed by atoms with Gasteiger partial charge in [0.25, 0.3) is 0 Å². The second-order valence-corrected chi connectivity index (χ2v) is 7.97. The van der Waals surface area contributed by atoms with E-state index in [1.54, 1.807) is 11.8 Å². The number of hydrogen-bond acceptors (Lipinski definition) is 2. The predicted octanol–water partition coefficient (Wildman–Crippen LogP) is 5.36. The maximum absolute atomic E-state index is 12.9. The number of carbonyl (C=O) groups is 1. The molecular weight excluding hydrogens is 338 g/mol. The minimum absolute atomic E-state index is 0.00852. The van der Waals surface area contributed by atoms with Crippen molar-refractivity contribution in [1.29, 1.82) is 0 Å². The topological polar surface area (TPSA) is 20.3 Å². The predicted molar refractivity (Wildman–Crippen MR) is 102 cm³/mol. The largest absolute Gasteiger partial charge is 0.324 e. The summed E-state index contributed by atoms with van der Waals surface area (Å²) in [4.78, 5) is 14.8. The smallest absolute Gasteiger partial charge is 0.246 e. The summed E-state index contributed by atoms with van der Waals surface area (Å²) >= 11 is 8.26. The van der Waals surface area contributed by atoms with Crippen molar-refractivity contribution < 1.29 is 4.79 Å². The molecule has 0 aliphatic carbocycles. The van der Waals surface area contributed by atoms with E-state index in [9.17, 15) is 4.79 Å². The Bertz CT molecular complexity index is 687. The highest BCUT2D eigenvalue weighted by Crippen LogP contribution is 2.40. The van der Waals surface area contributed by atoms with Gasteiger partial charge in [-0.25, -0.2) is 0 Å². The third kappa shape index (κ3) is 3.62. The van der Waals surface area contributed by atoms with Crippen LogP contribution < -0.4 is 0 Å². The highest BCUT2D eigenvalue weighted by atomic mass is 35.5. The molecular formula is C20H22ClNOS. The monoisotopic (exact) mass is 359 g/mol. The zero-order chi connectivity index (χ0) is 17.1. The van der Waals surface area contributed by atoms with Gasteiger partial charge in [-0.15, -0.1) is 23.4 Å². The van der Waals surface area contributed by atoms with Crippen LogP contribution in [-0.4, -0.2) is 23.1 Å². The van der Waals surface area contributed by atoms with Gasteiger partial charge in [0.2, 0.25) is 5.91 Å². The molecule has 24 heavy (non-hydrogen) atoms. The molecule has 2 aromatic carbocycles. The van der Waals surface area contributed by atoms with Crippen molar-refractivity contribution in [3.05, 3.63) is 71.3 Å². The summed E-state index contributed by atoms with van der Waals surface area (Å²) in [5.74, 6) is 1.45. The molecule has 2 aromatic rings. The second kappa shape index (κ2) is 7.62. The number of rotatable bonds is 4. The minimum Gasteiger partial charge on any atom is -0.324 e. The van der Waals surface area contributed by atoms with Gasteiger partial charge in [0, 0.05) is 12.3 Å². The van der Waals surface area contributed by atoms with Crippen LogP contribution in [0, 0.1) is 0 Å². The number of alkyl halides is 1. The third-order valence-corrected chi connectivity index (χ3v) is 6.07. The fraction of sp³-hybridized carbons (Fsp3) is 0.350. The Kier molecular flexibility index (Phi) is 5.52. The lowest BCUT2D eigenvalue weighted by Gasteiger charge is -2.26. The van der Waals surface area contributed by atoms with E-state index < -0.39 is 5.38 Å². The maximum atomic E-state index is 12.9. The highest BCUT2D eigenvalue weighted by molar-refractivity contribution is 7.99. The summed E-state index contributed by atoms with van der Waals surface area (Å²) in [6.45, 7) is 5.12. The minimum atomic E-state index is -0.623.